The molecule has 0 aromatic rings. The van der Waals surface area contributed by atoms with Gasteiger partial charge in [-0.25, -0.2) is 0 Å². The van der Waals surface area contributed by atoms with Gasteiger partial charge in [-0.2, -0.15) is 0 Å². The number of piperazine rings is 1. The van der Waals surface area contributed by atoms with Crippen LogP contribution in [-0.4, -0.2) is 72.2 Å². The zero-order valence-corrected chi connectivity index (χ0v) is 34.4. The Morgan fingerprint density at radius 3 is 2.10 bits per heavy atom. The SMILES string of the molecule is C=C(C)[C@@H]1CC[C@]2(CCN3CCN(CCC)CC3)CC[C@]3(C)[C@H](CC[C@@H]4[C@@]5(C)CC[C@H](OC(=O)CC(C)(C)CC(=O)O)C(C)(C)[C@@H]5CC[C@]43C)[C@@H]12. The number of ether oxygens (including phenoxy) is 1. The van der Waals surface area contributed by atoms with Crippen molar-refractivity contribution < 1.29 is 19.4 Å². The van der Waals surface area contributed by atoms with E-state index < -0.39 is 11.4 Å². The van der Waals surface area contributed by atoms with E-state index in [0.717, 1.165) is 24.7 Å². The van der Waals surface area contributed by atoms with Gasteiger partial charge in [0.1, 0.15) is 6.10 Å². The molecular weight excluding hydrogens is 633 g/mol. The van der Waals surface area contributed by atoms with E-state index in [1.54, 1.807) is 0 Å². The second kappa shape index (κ2) is 14.0. The standard InChI is InChI=1S/C45H76N2O4/c1-11-23-46-25-27-47(28-26-46)24-22-45-19-14-32(31(2)3)39(45)33-12-13-35-42(8)17-16-36(51-38(50)30-40(4,5)29-37(48)49)41(6,7)34(42)15-18-44(35,10)43(33,9)20-21-45/h32-36,39H,2,11-30H2,1,3-10H3,(H,48,49)/t32-,33+,34-,35+,36-,39+,42-,43+,44+,45+/m0/s1. The molecule has 5 saturated carbocycles. The van der Waals surface area contributed by atoms with Gasteiger partial charge < -0.3 is 19.6 Å². The highest BCUT2D eigenvalue weighted by molar-refractivity contribution is 5.73. The van der Waals surface area contributed by atoms with E-state index in [-0.39, 0.29) is 35.7 Å². The Bertz CT molecular complexity index is 1320. The lowest BCUT2D eigenvalue weighted by molar-refractivity contribution is -0.250. The van der Waals surface area contributed by atoms with Crippen molar-refractivity contribution >= 4 is 11.9 Å². The summed E-state index contributed by atoms with van der Waals surface area (Å²) in [4.78, 5) is 30.1. The molecule has 0 spiro atoms. The lowest BCUT2D eigenvalue weighted by atomic mass is 9.32. The van der Waals surface area contributed by atoms with Crippen LogP contribution < -0.4 is 0 Å². The first kappa shape index (κ1) is 39.3. The van der Waals surface area contributed by atoms with Crippen molar-refractivity contribution in [1.82, 2.24) is 9.80 Å². The Morgan fingerprint density at radius 2 is 1.47 bits per heavy atom. The second-order valence-electron chi connectivity index (χ2n) is 21.2. The molecule has 5 aliphatic carbocycles. The van der Waals surface area contributed by atoms with Crippen LogP contribution in [0.15, 0.2) is 12.2 Å². The van der Waals surface area contributed by atoms with Crippen molar-refractivity contribution in [2.45, 2.75) is 158 Å². The van der Waals surface area contributed by atoms with Gasteiger partial charge in [0.25, 0.3) is 0 Å². The fourth-order valence-electron chi connectivity index (χ4n) is 14.9. The number of hydrogen-bond acceptors (Lipinski definition) is 5. The van der Waals surface area contributed by atoms with E-state index in [1.807, 2.05) is 13.8 Å². The van der Waals surface area contributed by atoms with Gasteiger partial charge in [0.2, 0.25) is 0 Å². The number of rotatable bonds is 11. The first-order valence-electron chi connectivity index (χ1n) is 21.3. The summed E-state index contributed by atoms with van der Waals surface area (Å²) in [7, 11) is 0. The zero-order chi connectivity index (χ0) is 37.2. The molecule has 6 fully saturated rings. The predicted molar refractivity (Wildman–Crippen MR) is 207 cm³/mol. The fourth-order valence-corrected chi connectivity index (χ4v) is 14.9. The maximum absolute atomic E-state index is 13.3. The van der Waals surface area contributed by atoms with Crippen LogP contribution in [0.3, 0.4) is 0 Å². The Kier molecular flexibility index (Phi) is 10.8. The molecule has 0 amide bonds. The lowest BCUT2D eigenvalue weighted by Gasteiger charge is -2.73. The van der Waals surface area contributed by atoms with Crippen LogP contribution in [0.25, 0.3) is 0 Å². The number of aliphatic carboxylic acids is 1. The highest BCUT2D eigenvalue weighted by atomic mass is 16.5. The van der Waals surface area contributed by atoms with E-state index in [9.17, 15) is 14.7 Å². The van der Waals surface area contributed by atoms with Crippen LogP contribution in [0.4, 0.5) is 0 Å². The van der Waals surface area contributed by atoms with Crippen LogP contribution in [-0.2, 0) is 14.3 Å². The molecule has 10 atom stereocenters. The molecule has 1 saturated heterocycles. The molecule has 0 aromatic heterocycles. The van der Waals surface area contributed by atoms with Gasteiger partial charge in [-0.05, 0) is 154 Å². The molecule has 6 nitrogen and oxygen atoms in total. The molecule has 290 valence electrons. The number of hydrogen-bond donors (Lipinski definition) is 1. The molecule has 1 N–H and O–H groups in total. The van der Waals surface area contributed by atoms with Crippen molar-refractivity contribution in [2.75, 3.05) is 39.3 Å². The molecule has 51 heavy (non-hydrogen) atoms. The largest absolute Gasteiger partial charge is 0.481 e. The highest BCUT2D eigenvalue weighted by Crippen LogP contribution is 2.78. The summed E-state index contributed by atoms with van der Waals surface area (Å²) >= 11 is 0. The van der Waals surface area contributed by atoms with Crippen molar-refractivity contribution in [2.24, 2.45) is 62.1 Å². The van der Waals surface area contributed by atoms with E-state index in [4.69, 9.17) is 4.74 Å². The molecule has 6 aliphatic rings. The van der Waals surface area contributed by atoms with Crippen LogP contribution in [0.1, 0.15) is 152 Å². The van der Waals surface area contributed by atoms with Gasteiger partial charge in [0.05, 0.1) is 12.8 Å². The van der Waals surface area contributed by atoms with Crippen molar-refractivity contribution in [3.05, 3.63) is 12.2 Å². The Morgan fingerprint density at radius 1 is 0.804 bits per heavy atom. The lowest BCUT2D eigenvalue weighted by Crippen LogP contribution is -2.66. The summed E-state index contributed by atoms with van der Waals surface area (Å²) in [6.07, 6.45) is 15.4. The average Bonchev–Trinajstić information content (AvgIpc) is 3.42. The van der Waals surface area contributed by atoms with E-state index in [2.05, 4.69) is 64.8 Å². The number of fused-ring (bicyclic) bond motifs is 7. The number of carboxylic acid groups (broad SMARTS) is 1. The third-order valence-electron chi connectivity index (χ3n) is 17.6. The van der Waals surface area contributed by atoms with Gasteiger partial charge >= 0.3 is 11.9 Å². The predicted octanol–water partition coefficient (Wildman–Crippen LogP) is 9.86. The van der Waals surface area contributed by atoms with Gasteiger partial charge in [-0.15, -0.1) is 0 Å². The fraction of sp³-hybridized carbons (Fsp3) is 0.911. The summed E-state index contributed by atoms with van der Waals surface area (Å²) in [6.45, 7) is 33.4. The topological polar surface area (TPSA) is 70.1 Å². The molecule has 0 radical (unpaired) electrons. The minimum atomic E-state index is -0.863. The van der Waals surface area contributed by atoms with E-state index in [0.29, 0.717) is 34.0 Å². The van der Waals surface area contributed by atoms with Crippen LogP contribution in [0, 0.1) is 62.1 Å². The summed E-state index contributed by atoms with van der Waals surface area (Å²) < 4.78 is 6.31. The number of allylic oxidation sites excluding steroid dienone is 1. The number of esters is 1. The number of carbonyl (C=O) groups excluding carboxylic acids is 1. The summed E-state index contributed by atoms with van der Waals surface area (Å²) in [5, 5.41) is 9.36. The summed E-state index contributed by atoms with van der Waals surface area (Å²) in [6, 6.07) is 0. The smallest absolute Gasteiger partial charge is 0.306 e. The first-order chi connectivity index (χ1) is 23.8. The highest BCUT2D eigenvalue weighted by Gasteiger charge is 2.71. The zero-order valence-electron chi connectivity index (χ0n) is 34.4. The second-order valence-corrected chi connectivity index (χ2v) is 21.2. The minimum Gasteiger partial charge on any atom is -0.481 e. The summed E-state index contributed by atoms with van der Waals surface area (Å²) in [5.74, 6) is 2.33. The number of carboxylic acids is 1. The molecule has 0 unspecified atom stereocenters. The van der Waals surface area contributed by atoms with Crippen LogP contribution >= 0.6 is 0 Å². The van der Waals surface area contributed by atoms with Gasteiger partial charge in [-0.1, -0.05) is 67.5 Å². The minimum absolute atomic E-state index is 0.0254. The number of carbonyl (C=O) groups is 2. The van der Waals surface area contributed by atoms with Crippen molar-refractivity contribution in [3.63, 3.8) is 0 Å². The molecule has 1 heterocycles. The molecule has 0 bridgehead atoms. The Labute approximate surface area is 312 Å². The van der Waals surface area contributed by atoms with Crippen molar-refractivity contribution in [1.29, 1.82) is 0 Å². The normalized spacial score (nSPS) is 42.6. The van der Waals surface area contributed by atoms with Gasteiger partial charge in [0.15, 0.2) is 0 Å². The monoisotopic (exact) mass is 709 g/mol. The van der Waals surface area contributed by atoms with Gasteiger partial charge in [0, 0.05) is 31.6 Å². The van der Waals surface area contributed by atoms with Crippen molar-refractivity contribution in [3.8, 4) is 0 Å². The molecule has 0 aromatic carbocycles. The maximum atomic E-state index is 13.3. The maximum Gasteiger partial charge on any atom is 0.306 e. The Balaban J connectivity index is 1.19. The molecule has 6 heteroatoms. The summed E-state index contributed by atoms with van der Waals surface area (Å²) in [5.41, 5.74) is 2.08. The molecule has 1 aliphatic heterocycles. The quantitative estimate of drug-likeness (QED) is 0.170. The number of nitrogens with zero attached hydrogens (tertiary/aromatic N) is 2. The Hall–Kier alpha value is -1.40. The molecular formula is C45H76N2O4. The van der Waals surface area contributed by atoms with Crippen LogP contribution in [0.5, 0.6) is 0 Å². The van der Waals surface area contributed by atoms with Crippen LogP contribution in [0.2, 0.25) is 0 Å². The van der Waals surface area contributed by atoms with Gasteiger partial charge in [-0.3, -0.25) is 9.59 Å². The third kappa shape index (κ3) is 6.80. The van der Waals surface area contributed by atoms with E-state index >= 15 is 0 Å². The third-order valence-corrected chi connectivity index (χ3v) is 17.6. The average molecular weight is 709 g/mol. The first-order valence-corrected chi connectivity index (χ1v) is 21.3. The molecule has 6 rings (SSSR count). The van der Waals surface area contributed by atoms with E-state index in [1.165, 1.54) is 109 Å².